The lowest BCUT2D eigenvalue weighted by Gasteiger charge is -2.31. The molecule has 0 fully saturated rings. The van der Waals surface area contributed by atoms with Gasteiger partial charge in [0.05, 0.1) is 12.6 Å². The number of carbonyl (C=O) groups is 1. The first-order chi connectivity index (χ1) is 9.36. The van der Waals surface area contributed by atoms with Gasteiger partial charge in [0, 0.05) is 12.4 Å². The van der Waals surface area contributed by atoms with Gasteiger partial charge in [-0.25, -0.2) is 0 Å². The molecule has 1 atom stereocenters. The molecule has 0 aliphatic heterocycles. The molecular formula is C14H18BrN3O2. The zero-order valence-electron chi connectivity index (χ0n) is 11.8. The topological polar surface area (TPSA) is 60.1 Å². The molecule has 0 radical (unpaired) electrons. The molecule has 2 rings (SSSR count). The van der Waals surface area contributed by atoms with E-state index in [-0.39, 0.29) is 17.4 Å². The molecular weight excluding hydrogens is 322 g/mol. The molecule has 108 valence electrons. The zero-order chi connectivity index (χ0) is 14.8. The summed E-state index contributed by atoms with van der Waals surface area (Å²) in [6.07, 6.45) is 3.61. The fraction of sp³-hybridized carbons (Fsp3) is 0.429. The number of nitrogens with zero attached hydrogens (tertiary/aromatic N) is 2. The van der Waals surface area contributed by atoms with Crippen LogP contribution >= 0.6 is 15.9 Å². The minimum atomic E-state index is -0.220. The Morgan fingerprint density at radius 3 is 2.75 bits per heavy atom. The van der Waals surface area contributed by atoms with Crippen molar-refractivity contribution in [3.05, 3.63) is 41.0 Å². The van der Waals surface area contributed by atoms with Crippen molar-refractivity contribution in [3.63, 3.8) is 0 Å². The highest BCUT2D eigenvalue weighted by Gasteiger charge is 2.28. The van der Waals surface area contributed by atoms with E-state index >= 15 is 0 Å². The fourth-order valence-electron chi connectivity index (χ4n) is 1.80. The van der Waals surface area contributed by atoms with Gasteiger partial charge in [0.2, 0.25) is 0 Å². The molecule has 0 spiro atoms. The molecule has 2 aromatic rings. The first kappa shape index (κ1) is 14.8. The normalized spacial score (nSPS) is 13.2. The van der Waals surface area contributed by atoms with E-state index in [9.17, 15) is 4.79 Å². The van der Waals surface area contributed by atoms with Crippen LogP contribution in [0.3, 0.4) is 0 Å². The molecule has 0 aromatic carbocycles. The number of hydrogen-bond acceptors (Lipinski definition) is 3. The lowest BCUT2D eigenvalue weighted by molar-refractivity contribution is 0.0861. The van der Waals surface area contributed by atoms with E-state index in [4.69, 9.17) is 4.42 Å². The summed E-state index contributed by atoms with van der Waals surface area (Å²) in [6, 6.07) is 5.16. The second-order valence-electron chi connectivity index (χ2n) is 5.72. The molecule has 1 amide bonds. The van der Waals surface area contributed by atoms with Crippen molar-refractivity contribution >= 4 is 21.8 Å². The van der Waals surface area contributed by atoms with Crippen LogP contribution in [0.15, 0.2) is 39.7 Å². The summed E-state index contributed by atoms with van der Waals surface area (Å²) in [5.41, 5.74) is -0.0918. The quantitative estimate of drug-likeness (QED) is 0.930. The lowest BCUT2D eigenvalue weighted by atomic mass is 9.86. The number of aromatic nitrogens is 2. The number of hydrogen-bond donors (Lipinski definition) is 1. The highest BCUT2D eigenvalue weighted by atomic mass is 79.9. The van der Waals surface area contributed by atoms with Crippen molar-refractivity contribution in [1.82, 2.24) is 15.1 Å². The predicted molar refractivity (Wildman–Crippen MR) is 79.3 cm³/mol. The van der Waals surface area contributed by atoms with Crippen LogP contribution in [0.25, 0.3) is 0 Å². The van der Waals surface area contributed by atoms with Gasteiger partial charge in [-0.2, -0.15) is 5.10 Å². The van der Waals surface area contributed by atoms with Gasteiger partial charge in [0.1, 0.15) is 0 Å². The highest BCUT2D eigenvalue weighted by Crippen LogP contribution is 2.22. The Morgan fingerprint density at radius 1 is 1.50 bits per heavy atom. The van der Waals surface area contributed by atoms with Gasteiger partial charge in [-0.15, -0.1) is 0 Å². The second kappa shape index (κ2) is 5.83. The Kier molecular flexibility index (Phi) is 4.32. The average Bonchev–Trinajstić information content (AvgIpc) is 2.98. The molecule has 20 heavy (non-hydrogen) atoms. The van der Waals surface area contributed by atoms with E-state index < -0.39 is 0 Å². The molecule has 2 heterocycles. The molecule has 0 bridgehead atoms. The molecule has 0 aliphatic carbocycles. The van der Waals surface area contributed by atoms with Crippen molar-refractivity contribution < 1.29 is 9.21 Å². The van der Waals surface area contributed by atoms with Gasteiger partial charge in [0.15, 0.2) is 10.4 Å². The van der Waals surface area contributed by atoms with E-state index in [2.05, 4.69) is 47.1 Å². The Morgan fingerprint density at radius 2 is 2.25 bits per heavy atom. The maximum absolute atomic E-state index is 12.2. The van der Waals surface area contributed by atoms with Crippen molar-refractivity contribution in [2.45, 2.75) is 33.4 Å². The second-order valence-corrected chi connectivity index (χ2v) is 6.51. The van der Waals surface area contributed by atoms with Gasteiger partial charge in [-0.05, 0) is 39.5 Å². The third-order valence-electron chi connectivity index (χ3n) is 3.08. The molecule has 0 aliphatic rings. The minimum absolute atomic E-state index is 0.0567. The number of amides is 1. The fourth-order valence-corrected chi connectivity index (χ4v) is 2.10. The van der Waals surface area contributed by atoms with Gasteiger partial charge >= 0.3 is 0 Å². The molecule has 0 saturated carbocycles. The van der Waals surface area contributed by atoms with Crippen molar-refractivity contribution in [3.8, 4) is 0 Å². The third-order valence-corrected chi connectivity index (χ3v) is 3.50. The summed E-state index contributed by atoms with van der Waals surface area (Å²) in [5, 5.41) is 7.20. The summed E-state index contributed by atoms with van der Waals surface area (Å²) < 4.78 is 7.63. The lowest BCUT2D eigenvalue weighted by Crippen LogP contribution is -2.46. The number of carbonyl (C=O) groups excluding carboxylic acids is 1. The molecule has 0 saturated heterocycles. The van der Waals surface area contributed by atoms with Gasteiger partial charge in [0.25, 0.3) is 5.91 Å². The van der Waals surface area contributed by atoms with Crippen LogP contribution in [-0.4, -0.2) is 21.7 Å². The van der Waals surface area contributed by atoms with E-state index in [0.29, 0.717) is 17.0 Å². The first-order valence-corrected chi connectivity index (χ1v) is 7.19. The molecule has 1 N–H and O–H groups in total. The van der Waals surface area contributed by atoms with Gasteiger partial charge < -0.3 is 9.73 Å². The Hall–Kier alpha value is -1.56. The monoisotopic (exact) mass is 339 g/mol. The Bertz CT molecular complexity index is 570. The van der Waals surface area contributed by atoms with Crippen molar-refractivity contribution in [2.75, 3.05) is 0 Å². The van der Waals surface area contributed by atoms with Crippen LogP contribution in [-0.2, 0) is 6.54 Å². The maximum atomic E-state index is 12.2. The molecule has 6 heteroatoms. The number of halogens is 1. The zero-order valence-corrected chi connectivity index (χ0v) is 13.3. The summed E-state index contributed by atoms with van der Waals surface area (Å²) in [5.74, 6) is 0.0781. The third kappa shape index (κ3) is 3.72. The number of furan rings is 1. The molecule has 1 unspecified atom stereocenters. The smallest absolute Gasteiger partial charge is 0.287 e. The number of nitrogens with one attached hydrogen (secondary N) is 1. The highest BCUT2D eigenvalue weighted by molar-refractivity contribution is 9.10. The van der Waals surface area contributed by atoms with E-state index in [0.717, 1.165) is 0 Å². The summed E-state index contributed by atoms with van der Waals surface area (Å²) in [7, 11) is 0. The minimum Gasteiger partial charge on any atom is -0.444 e. The van der Waals surface area contributed by atoms with Crippen molar-refractivity contribution in [1.29, 1.82) is 0 Å². The standard InChI is InChI=1S/C14H18BrN3O2/c1-14(2,3)11(9-18-8-4-7-16-18)17-13(19)10-5-6-12(15)20-10/h4-8,11H,9H2,1-3H3,(H,17,19). The SMILES string of the molecule is CC(C)(C)C(Cn1cccn1)NC(=O)c1ccc(Br)o1. The van der Waals surface area contributed by atoms with Gasteiger partial charge in [-0.3, -0.25) is 9.48 Å². The van der Waals surface area contributed by atoms with E-state index in [1.165, 1.54) is 0 Å². The van der Waals surface area contributed by atoms with Crippen LogP contribution in [0.2, 0.25) is 0 Å². The number of rotatable bonds is 4. The molecule has 2 aromatic heterocycles. The summed E-state index contributed by atoms with van der Waals surface area (Å²) in [6.45, 7) is 6.86. The van der Waals surface area contributed by atoms with Crippen molar-refractivity contribution in [2.24, 2.45) is 5.41 Å². The predicted octanol–water partition coefficient (Wildman–Crippen LogP) is 3.08. The van der Waals surface area contributed by atoms with Crippen LogP contribution in [0.1, 0.15) is 31.3 Å². The Balaban J connectivity index is 2.10. The average molecular weight is 340 g/mol. The first-order valence-electron chi connectivity index (χ1n) is 6.40. The maximum Gasteiger partial charge on any atom is 0.287 e. The van der Waals surface area contributed by atoms with Crippen LogP contribution in [0.5, 0.6) is 0 Å². The largest absolute Gasteiger partial charge is 0.444 e. The summed E-state index contributed by atoms with van der Waals surface area (Å²) in [4.78, 5) is 12.2. The van der Waals surface area contributed by atoms with Crippen LogP contribution < -0.4 is 5.32 Å². The Labute approximate surface area is 126 Å². The van der Waals surface area contributed by atoms with E-state index in [1.54, 1.807) is 18.3 Å². The van der Waals surface area contributed by atoms with Gasteiger partial charge in [-0.1, -0.05) is 20.8 Å². The van der Waals surface area contributed by atoms with Crippen LogP contribution in [0, 0.1) is 5.41 Å². The summed E-state index contributed by atoms with van der Waals surface area (Å²) >= 11 is 3.19. The molecule has 5 nitrogen and oxygen atoms in total. The van der Waals surface area contributed by atoms with E-state index in [1.807, 2.05) is 16.9 Å². The van der Waals surface area contributed by atoms with Crippen LogP contribution in [0.4, 0.5) is 0 Å².